The number of benzene rings is 2. The van der Waals surface area contributed by atoms with Gasteiger partial charge in [0, 0.05) is 10.6 Å². The molecule has 7 heteroatoms. The highest BCUT2D eigenvalue weighted by Crippen LogP contribution is 2.24. The first-order valence-corrected chi connectivity index (χ1v) is 10.1. The number of hydrogen-bond donors (Lipinski definition) is 1. The molecule has 0 radical (unpaired) electrons. The highest BCUT2D eigenvalue weighted by atomic mass is 35.5. The molecule has 0 unspecified atom stereocenters. The number of nitrogens with zero attached hydrogens (tertiary/aromatic N) is 2. The molecule has 5 nitrogen and oxygen atoms in total. The first-order chi connectivity index (χ1) is 13.2. The molecule has 1 heterocycles. The van der Waals surface area contributed by atoms with Gasteiger partial charge in [-0.15, -0.1) is 5.10 Å². The van der Waals surface area contributed by atoms with Gasteiger partial charge in [-0.1, -0.05) is 35.5 Å². The Morgan fingerprint density at radius 3 is 2.81 bits per heavy atom. The van der Waals surface area contributed by atoms with Crippen LogP contribution in [0.15, 0.2) is 47.6 Å². The molecule has 0 fully saturated rings. The van der Waals surface area contributed by atoms with Crippen LogP contribution in [0.3, 0.4) is 0 Å². The van der Waals surface area contributed by atoms with Gasteiger partial charge in [-0.2, -0.15) is 0 Å². The minimum Gasteiger partial charge on any atom is -0.486 e. The van der Waals surface area contributed by atoms with Gasteiger partial charge < -0.3 is 4.74 Å². The topological polar surface area (TPSA) is 67.9 Å². The number of thioether (sulfide) groups is 1. The molecule has 0 amide bonds. The van der Waals surface area contributed by atoms with Gasteiger partial charge in [-0.3, -0.25) is 9.89 Å². The summed E-state index contributed by atoms with van der Waals surface area (Å²) in [5.41, 5.74) is 3.45. The summed E-state index contributed by atoms with van der Waals surface area (Å²) in [4.78, 5) is 16.8. The lowest BCUT2D eigenvalue weighted by atomic mass is 10.0. The minimum atomic E-state index is 0.0958. The van der Waals surface area contributed by atoms with Crippen LogP contribution < -0.4 is 4.74 Å². The van der Waals surface area contributed by atoms with E-state index < -0.39 is 0 Å². The van der Waals surface area contributed by atoms with Crippen LogP contribution in [0, 0.1) is 0 Å². The number of ketones is 1. The van der Waals surface area contributed by atoms with E-state index in [0.29, 0.717) is 27.5 Å². The number of H-pyrrole nitrogens is 1. The zero-order valence-electron chi connectivity index (χ0n) is 14.6. The Bertz CT molecular complexity index is 956. The van der Waals surface area contributed by atoms with Crippen molar-refractivity contribution in [3.8, 4) is 5.75 Å². The first-order valence-electron chi connectivity index (χ1n) is 8.75. The standard InChI is InChI=1S/C20H18ClN3O2S/c21-16-6-8-17(9-7-16)26-11-19-22-20(24-23-19)27-12-18(25)15-5-4-13-2-1-3-14(13)10-15/h4-10H,1-3,11-12H2,(H,22,23,24). The van der Waals surface area contributed by atoms with Crippen molar-refractivity contribution in [1.82, 2.24) is 15.2 Å². The molecule has 0 bridgehead atoms. The predicted molar refractivity (Wildman–Crippen MR) is 106 cm³/mol. The van der Waals surface area contributed by atoms with Gasteiger partial charge >= 0.3 is 0 Å². The lowest BCUT2D eigenvalue weighted by Gasteiger charge is -2.03. The number of carbonyl (C=O) groups excluding carboxylic acids is 1. The van der Waals surface area contributed by atoms with Gasteiger partial charge in [0.2, 0.25) is 5.16 Å². The summed E-state index contributed by atoms with van der Waals surface area (Å²) in [7, 11) is 0. The van der Waals surface area contributed by atoms with Crippen LogP contribution in [-0.4, -0.2) is 26.7 Å². The van der Waals surface area contributed by atoms with Crippen LogP contribution in [0.5, 0.6) is 5.75 Å². The Morgan fingerprint density at radius 2 is 1.96 bits per heavy atom. The second-order valence-electron chi connectivity index (χ2n) is 6.36. The third-order valence-corrected chi connectivity index (χ3v) is 5.55. The summed E-state index contributed by atoms with van der Waals surface area (Å²) < 4.78 is 5.63. The van der Waals surface area contributed by atoms with Crippen molar-refractivity contribution in [3.05, 3.63) is 70.0 Å². The molecule has 1 N–H and O–H groups in total. The van der Waals surface area contributed by atoms with E-state index in [9.17, 15) is 4.79 Å². The number of aromatic nitrogens is 3. The number of fused-ring (bicyclic) bond motifs is 1. The van der Waals surface area contributed by atoms with Gasteiger partial charge in [0.05, 0.1) is 5.75 Å². The number of ether oxygens (including phenoxy) is 1. The molecular formula is C20H18ClN3O2S. The summed E-state index contributed by atoms with van der Waals surface area (Å²) in [6.45, 7) is 0.272. The Hall–Kier alpha value is -2.31. The van der Waals surface area contributed by atoms with Crippen LogP contribution in [0.4, 0.5) is 0 Å². The van der Waals surface area contributed by atoms with Crippen LogP contribution in [0.1, 0.15) is 33.7 Å². The summed E-state index contributed by atoms with van der Waals surface area (Å²) >= 11 is 7.18. The van der Waals surface area contributed by atoms with Crippen LogP contribution in [-0.2, 0) is 19.4 Å². The maximum absolute atomic E-state index is 12.4. The number of hydrogen-bond acceptors (Lipinski definition) is 5. The van der Waals surface area contributed by atoms with Gasteiger partial charge in [0.25, 0.3) is 0 Å². The maximum atomic E-state index is 12.4. The lowest BCUT2D eigenvalue weighted by molar-refractivity contribution is 0.102. The fourth-order valence-corrected chi connectivity index (χ4v) is 3.89. The van der Waals surface area contributed by atoms with Gasteiger partial charge in [0.1, 0.15) is 12.4 Å². The van der Waals surface area contributed by atoms with E-state index in [1.54, 1.807) is 24.3 Å². The highest BCUT2D eigenvalue weighted by Gasteiger charge is 2.15. The number of Topliss-reactive ketones (excluding diaryl/α,β-unsaturated/α-hetero) is 1. The van der Waals surface area contributed by atoms with Gasteiger partial charge in [-0.05, 0) is 60.7 Å². The van der Waals surface area contributed by atoms with E-state index in [2.05, 4.69) is 21.2 Å². The van der Waals surface area contributed by atoms with E-state index in [1.807, 2.05) is 12.1 Å². The third-order valence-electron chi connectivity index (χ3n) is 4.45. The van der Waals surface area contributed by atoms with Crippen LogP contribution in [0.2, 0.25) is 5.02 Å². The van der Waals surface area contributed by atoms with Crippen molar-refractivity contribution in [2.24, 2.45) is 0 Å². The number of aromatic amines is 1. The summed E-state index contributed by atoms with van der Waals surface area (Å²) in [6.07, 6.45) is 3.37. The molecule has 0 saturated carbocycles. The second-order valence-corrected chi connectivity index (χ2v) is 7.74. The molecule has 2 aromatic carbocycles. The fourth-order valence-electron chi connectivity index (χ4n) is 3.05. The van der Waals surface area contributed by atoms with Crippen molar-refractivity contribution in [2.75, 3.05) is 5.75 Å². The Morgan fingerprint density at radius 1 is 1.15 bits per heavy atom. The van der Waals surface area contributed by atoms with Crippen molar-refractivity contribution in [1.29, 1.82) is 0 Å². The van der Waals surface area contributed by atoms with Crippen LogP contribution >= 0.6 is 23.4 Å². The van der Waals surface area contributed by atoms with Gasteiger partial charge in [0.15, 0.2) is 11.6 Å². The molecule has 0 spiro atoms. The van der Waals surface area contributed by atoms with E-state index in [1.165, 1.54) is 29.3 Å². The molecule has 27 heavy (non-hydrogen) atoms. The quantitative estimate of drug-likeness (QED) is 0.468. The van der Waals surface area contributed by atoms with Crippen LogP contribution in [0.25, 0.3) is 0 Å². The zero-order valence-corrected chi connectivity index (χ0v) is 16.1. The van der Waals surface area contributed by atoms with Crippen molar-refractivity contribution in [2.45, 2.75) is 31.0 Å². The largest absolute Gasteiger partial charge is 0.486 e. The van der Waals surface area contributed by atoms with Crippen molar-refractivity contribution < 1.29 is 9.53 Å². The fraction of sp³-hybridized carbons (Fsp3) is 0.250. The van der Waals surface area contributed by atoms with Gasteiger partial charge in [-0.25, -0.2) is 4.98 Å². The molecule has 3 aromatic rings. The molecule has 138 valence electrons. The second kappa shape index (κ2) is 8.15. The molecule has 0 atom stereocenters. The monoisotopic (exact) mass is 399 g/mol. The third kappa shape index (κ3) is 4.51. The number of carbonyl (C=O) groups is 1. The van der Waals surface area contributed by atoms with E-state index in [4.69, 9.17) is 16.3 Å². The number of nitrogens with one attached hydrogen (secondary N) is 1. The summed E-state index contributed by atoms with van der Waals surface area (Å²) in [5.74, 6) is 1.72. The minimum absolute atomic E-state index is 0.0958. The molecule has 1 aromatic heterocycles. The smallest absolute Gasteiger partial charge is 0.208 e. The predicted octanol–water partition coefficient (Wildman–Crippen LogP) is 4.50. The number of aryl methyl sites for hydroxylation is 2. The summed E-state index contributed by atoms with van der Waals surface area (Å²) in [6, 6.07) is 13.2. The zero-order chi connectivity index (χ0) is 18.6. The normalized spacial score (nSPS) is 12.8. The molecule has 0 saturated heterocycles. The lowest BCUT2D eigenvalue weighted by Crippen LogP contribution is -2.03. The Balaban J connectivity index is 1.30. The average molecular weight is 400 g/mol. The number of halogens is 1. The molecule has 1 aliphatic carbocycles. The number of rotatable bonds is 7. The van der Waals surface area contributed by atoms with E-state index >= 15 is 0 Å². The highest BCUT2D eigenvalue weighted by molar-refractivity contribution is 7.99. The van der Waals surface area contributed by atoms with Crippen molar-refractivity contribution in [3.63, 3.8) is 0 Å². The molecule has 1 aliphatic rings. The molecular weight excluding hydrogens is 382 g/mol. The first kappa shape index (κ1) is 18.1. The Labute approximate surface area is 166 Å². The van der Waals surface area contributed by atoms with E-state index in [-0.39, 0.29) is 12.4 Å². The SMILES string of the molecule is O=C(CSc1n[nH]c(COc2ccc(Cl)cc2)n1)c1ccc2c(c1)CCC2. The molecule has 0 aliphatic heterocycles. The summed E-state index contributed by atoms with van der Waals surface area (Å²) in [5, 5.41) is 8.18. The maximum Gasteiger partial charge on any atom is 0.208 e. The Kier molecular flexibility index (Phi) is 5.45. The average Bonchev–Trinajstić information content (AvgIpc) is 3.34. The molecule has 4 rings (SSSR count). The van der Waals surface area contributed by atoms with E-state index in [0.717, 1.165) is 18.4 Å². The van der Waals surface area contributed by atoms with Crippen molar-refractivity contribution >= 4 is 29.1 Å².